The van der Waals surface area contributed by atoms with E-state index in [1.807, 2.05) is 18.2 Å². The lowest BCUT2D eigenvalue weighted by Gasteiger charge is -2.43. The molecule has 1 aliphatic heterocycles. The third kappa shape index (κ3) is 2.86. The molecular weight excluding hydrogens is 280 g/mol. The van der Waals surface area contributed by atoms with Gasteiger partial charge in [0.05, 0.1) is 12.1 Å². The van der Waals surface area contributed by atoms with Gasteiger partial charge in [-0.25, -0.2) is 0 Å². The average molecular weight is 302 g/mol. The molecule has 3 rings (SSSR count). The van der Waals surface area contributed by atoms with Crippen LogP contribution in [0.5, 0.6) is 0 Å². The van der Waals surface area contributed by atoms with Gasteiger partial charge >= 0.3 is 5.97 Å². The second-order valence-corrected chi connectivity index (χ2v) is 6.32. The van der Waals surface area contributed by atoms with E-state index in [2.05, 4.69) is 17.4 Å². The molecule has 1 saturated heterocycles. The lowest BCUT2D eigenvalue weighted by atomic mass is 9.72. The van der Waals surface area contributed by atoms with Crippen molar-refractivity contribution in [2.75, 3.05) is 13.1 Å². The second-order valence-electron chi connectivity index (χ2n) is 6.32. The third-order valence-electron chi connectivity index (χ3n) is 4.91. The van der Waals surface area contributed by atoms with Crippen LogP contribution in [0.4, 0.5) is 0 Å². The van der Waals surface area contributed by atoms with Crippen LogP contribution in [0.3, 0.4) is 0 Å². The molecule has 2 N–H and O–H groups in total. The molecule has 22 heavy (non-hydrogen) atoms. The van der Waals surface area contributed by atoms with Crippen LogP contribution >= 0.6 is 0 Å². The normalized spacial score (nSPS) is 23.7. The molecule has 5 heteroatoms. The summed E-state index contributed by atoms with van der Waals surface area (Å²) in [6.07, 6.45) is 4.48. The molecule has 1 aliphatic carbocycles. The molecule has 1 aromatic rings. The van der Waals surface area contributed by atoms with Gasteiger partial charge in [-0.3, -0.25) is 14.5 Å². The van der Waals surface area contributed by atoms with Crippen molar-refractivity contribution >= 4 is 11.9 Å². The second kappa shape index (κ2) is 6.08. The number of likely N-dealkylation sites (tertiary alicyclic amines) is 1. The van der Waals surface area contributed by atoms with E-state index in [1.54, 1.807) is 4.90 Å². The largest absolute Gasteiger partial charge is 0.480 e. The summed E-state index contributed by atoms with van der Waals surface area (Å²) in [4.78, 5) is 25.4. The van der Waals surface area contributed by atoms with E-state index in [1.165, 1.54) is 0 Å². The first kappa shape index (κ1) is 15.0. The van der Waals surface area contributed by atoms with Crippen molar-refractivity contribution in [2.24, 2.45) is 0 Å². The van der Waals surface area contributed by atoms with Crippen LogP contribution < -0.4 is 5.32 Å². The van der Waals surface area contributed by atoms with E-state index in [0.717, 1.165) is 31.2 Å². The van der Waals surface area contributed by atoms with Gasteiger partial charge in [-0.15, -0.1) is 0 Å². The zero-order chi connectivity index (χ0) is 15.6. The summed E-state index contributed by atoms with van der Waals surface area (Å²) in [6.45, 7) is 0.855. The summed E-state index contributed by atoms with van der Waals surface area (Å²) in [7, 11) is 0. The standard InChI is InChI=1S/C17H22N2O3/c20-15(12-19-11-4-8-14(19)16(21)22)18-17(9-5-10-17)13-6-2-1-3-7-13/h1-3,6-7,14H,4-5,8-12H2,(H,18,20)(H,21,22). The van der Waals surface area contributed by atoms with Crippen LogP contribution in [-0.2, 0) is 15.1 Å². The minimum Gasteiger partial charge on any atom is -0.480 e. The minimum atomic E-state index is -0.827. The predicted molar refractivity (Wildman–Crippen MR) is 82.3 cm³/mol. The number of carbonyl (C=O) groups is 2. The first-order chi connectivity index (χ1) is 10.6. The Balaban J connectivity index is 1.65. The van der Waals surface area contributed by atoms with Crippen LogP contribution in [0.25, 0.3) is 0 Å². The Morgan fingerprint density at radius 3 is 2.55 bits per heavy atom. The number of rotatable bonds is 5. The van der Waals surface area contributed by atoms with Crippen LogP contribution in [0.15, 0.2) is 30.3 Å². The molecule has 0 spiro atoms. The van der Waals surface area contributed by atoms with Gasteiger partial charge in [-0.2, -0.15) is 0 Å². The first-order valence-electron chi connectivity index (χ1n) is 7.94. The van der Waals surface area contributed by atoms with Crippen LogP contribution in [0.1, 0.15) is 37.7 Å². The predicted octanol–water partition coefficient (Wildman–Crippen LogP) is 1.73. The fourth-order valence-electron chi connectivity index (χ4n) is 3.56. The maximum atomic E-state index is 12.4. The molecular formula is C17H22N2O3. The van der Waals surface area contributed by atoms with Crippen molar-refractivity contribution in [3.8, 4) is 0 Å². The van der Waals surface area contributed by atoms with Gasteiger partial charge in [-0.05, 0) is 44.2 Å². The number of hydrogen-bond donors (Lipinski definition) is 2. The number of aliphatic carboxylic acids is 1. The quantitative estimate of drug-likeness (QED) is 0.869. The first-order valence-corrected chi connectivity index (χ1v) is 7.94. The lowest BCUT2D eigenvalue weighted by Crippen LogP contribution is -2.54. The van der Waals surface area contributed by atoms with E-state index in [9.17, 15) is 14.7 Å². The van der Waals surface area contributed by atoms with E-state index in [4.69, 9.17) is 0 Å². The van der Waals surface area contributed by atoms with Gasteiger partial charge in [0.1, 0.15) is 6.04 Å². The van der Waals surface area contributed by atoms with E-state index < -0.39 is 12.0 Å². The minimum absolute atomic E-state index is 0.0725. The number of carbonyl (C=O) groups excluding carboxylic acids is 1. The molecule has 1 heterocycles. The molecule has 1 unspecified atom stereocenters. The van der Waals surface area contributed by atoms with Gasteiger partial charge in [0, 0.05) is 0 Å². The number of carboxylic acid groups (broad SMARTS) is 1. The van der Waals surface area contributed by atoms with Gasteiger partial charge < -0.3 is 10.4 Å². The zero-order valence-electron chi connectivity index (χ0n) is 12.6. The highest BCUT2D eigenvalue weighted by Gasteiger charge is 2.40. The molecule has 5 nitrogen and oxygen atoms in total. The Bertz CT molecular complexity index is 554. The highest BCUT2D eigenvalue weighted by molar-refractivity contribution is 5.81. The van der Waals surface area contributed by atoms with Crippen molar-refractivity contribution in [1.29, 1.82) is 0 Å². The summed E-state index contributed by atoms with van der Waals surface area (Å²) >= 11 is 0. The van der Waals surface area contributed by atoms with Crippen molar-refractivity contribution in [2.45, 2.75) is 43.7 Å². The number of amides is 1. The molecule has 0 aromatic heterocycles. The molecule has 1 aromatic carbocycles. The Hall–Kier alpha value is -1.88. The van der Waals surface area contributed by atoms with Gasteiger partial charge in [0.15, 0.2) is 0 Å². The number of nitrogens with zero attached hydrogens (tertiary/aromatic N) is 1. The molecule has 0 radical (unpaired) electrons. The van der Waals surface area contributed by atoms with E-state index in [-0.39, 0.29) is 18.0 Å². The highest BCUT2D eigenvalue weighted by atomic mass is 16.4. The number of carboxylic acids is 1. The molecule has 118 valence electrons. The fraction of sp³-hybridized carbons (Fsp3) is 0.529. The SMILES string of the molecule is O=C(CN1CCCC1C(=O)O)NC1(c2ccccc2)CCC1. The Morgan fingerprint density at radius 1 is 1.23 bits per heavy atom. The summed E-state index contributed by atoms with van der Waals surface area (Å²) < 4.78 is 0. The molecule has 0 bridgehead atoms. The molecule has 2 fully saturated rings. The summed E-state index contributed by atoms with van der Waals surface area (Å²) in [5, 5.41) is 12.4. The molecule has 1 amide bonds. The molecule has 1 atom stereocenters. The van der Waals surface area contributed by atoms with E-state index >= 15 is 0 Å². The van der Waals surface area contributed by atoms with Crippen LogP contribution in [-0.4, -0.2) is 41.0 Å². The van der Waals surface area contributed by atoms with Gasteiger partial charge in [0.2, 0.25) is 5.91 Å². The Labute approximate surface area is 130 Å². The summed E-state index contributed by atoms with van der Waals surface area (Å²) in [5.41, 5.74) is 0.891. The van der Waals surface area contributed by atoms with Gasteiger partial charge in [0.25, 0.3) is 0 Å². The highest BCUT2D eigenvalue weighted by Crippen LogP contribution is 2.41. The monoisotopic (exact) mass is 302 g/mol. The molecule has 1 saturated carbocycles. The van der Waals surface area contributed by atoms with Crippen molar-refractivity contribution in [1.82, 2.24) is 10.2 Å². The Morgan fingerprint density at radius 2 is 1.95 bits per heavy atom. The summed E-state index contributed by atoms with van der Waals surface area (Å²) in [6, 6.07) is 9.54. The van der Waals surface area contributed by atoms with Gasteiger partial charge in [-0.1, -0.05) is 30.3 Å². The van der Waals surface area contributed by atoms with Crippen LogP contribution in [0.2, 0.25) is 0 Å². The molecule has 2 aliphatic rings. The number of hydrogen-bond acceptors (Lipinski definition) is 3. The fourth-order valence-corrected chi connectivity index (χ4v) is 3.56. The van der Waals surface area contributed by atoms with E-state index in [0.29, 0.717) is 13.0 Å². The van der Waals surface area contributed by atoms with Crippen molar-refractivity contribution < 1.29 is 14.7 Å². The summed E-state index contributed by atoms with van der Waals surface area (Å²) in [5.74, 6) is -0.900. The number of nitrogens with one attached hydrogen (secondary N) is 1. The van der Waals surface area contributed by atoms with Crippen molar-refractivity contribution in [3.63, 3.8) is 0 Å². The lowest BCUT2D eigenvalue weighted by molar-refractivity contribution is -0.142. The zero-order valence-corrected chi connectivity index (χ0v) is 12.6. The topological polar surface area (TPSA) is 69.6 Å². The maximum absolute atomic E-state index is 12.4. The Kier molecular flexibility index (Phi) is 4.16. The number of benzene rings is 1. The smallest absolute Gasteiger partial charge is 0.320 e. The third-order valence-corrected chi connectivity index (χ3v) is 4.91. The average Bonchev–Trinajstić information content (AvgIpc) is 2.92. The van der Waals surface area contributed by atoms with Crippen molar-refractivity contribution in [3.05, 3.63) is 35.9 Å². The maximum Gasteiger partial charge on any atom is 0.320 e. The van der Waals surface area contributed by atoms with Crippen LogP contribution in [0, 0.1) is 0 Å².